The Morgan fingerprint density at radius 3 is 2.75 bits per heavy atom. The maximum absolute atomic E-state index is 13.0. The van der Waals surface area contributed by atoms with Crippen LogP contribution in [0, 0.1) is 15.9 Å². The van der Waals surface area contributed by atoms with Crippen LogP contribution in [-0.4, -0.2) is 28.7 Å². The Morgan fingerprint density at radius 1 is 1.56 bits per heavy atom. The number of nitro groups is 1. The highest BCUT2D eigenvalue weighted by atomic mass is 19.1. The fourth-order valence-electron chi connectivity index (χ4n) is 1.77. The van der Waals surface area contributed by atoms with Gasteiger partial charge in [-0.05, 0) is 12.1 Å². The van der Waals surface area contributed by atoms with Gasteiger partial charge in [0, 0.05) is 31.1 Å². The lowest BCUT2D eigenvalue weighted by Gasteiger charge is -2.37. The minimum Gasteiger partial charge on any atom is -0.387 e. The standard InChI is InChI=1S/C10H11FN2O3/c11-8-1-2-9(13(15)16)7(3-8)4-10(14)5-12-6-10/h1-3,12,14H,4-6H2. The summed E-state index contributed by atoms with van der Waals surface area (Å²) in [6.07, 6.45) is 0.0913. The van der Waals surface area contributed by atoms with Gasteiger partial charge in [-0.2, -0.15) is 0 Å². The molecule has 0 aliphatic carbocycles. The molecule has 5 nitrogen and oxygen atoms in total. The molecule has 86 valence electrons. The number of hydrogen-bond donors (Lipinski definition) is 2. The van der Waals surface area contributed by atoms with Crippen LogP contribution in [0.1, 0.15) is 5.56 Å². The van der Waals surface area contributed by atoms with Crippen molar-refractivity contribution in [2.24, 2.45) is 0 Å². The largest absolute Gasteiger partial charge is 0.387 e. The molecular weight excluding hydrogens is 215 g/mol. The summed E-state index contributed by atoms with van der Waals surface area (Å²) < 4.78 is 13.0. The third kappa shape index (κ3) is 2.02. The van der Waals surface area contributed by atoms with E-state index >= 15 is 0 Å². The molecule has 0 saturated carbocycles. The molecule has 1 heterocycles. The minimum absolute atomic E-state index is 0.0913. The Hall–Kier alpha value is -1.53. The number of β-amino-alcohol motifs (C(OH)–C–C–N with tert-alkyl or cyclic N) is 1. The first-order chi connectivity index (χ1) is 7.50. The van der Waals surface area contributed by atoms with Crippen LogP contribution in [0.3, 0.4) is 0 Å². The maximum Gasteiger partial charge on any atom is 0.272 e. The van der Waals surface area contributed by atoms with Crippen LogP contribution in [-0.2, 0) is 6.42 Å². The van der Waals surface area contributed by atoms with Gasteiger partial charge in [-0.15, -0.1) is 0 Å². The summed E-state index contributed by atoms with van der Waals surface area (Å²) in [7, 11) is 0. The zero-order valence-electron chi connectivity index (χ0n) is 8.44. The molecule has 0 atom stereocenters. The van der Waals surface area contributed by atoms with Gasteiger partial charge in [0.15, 0.2) is 0 Å². The van der Waals surface area contributed by atoms with E-state index in [2.05, 4.69) is 5.32 Å². The van der Waals surface area contributed by atoms with E-state index < -0.39 is 16.3 Å². The summed E-state index contributed by atoms with van der Waals surface area (Å²) in [6.45, 7) is 0.751. The number of nitrogens with one attached hydrogen (secondary N) is 1. The molecule has 0 radical (unpaired) electrons. The van der Waals surface area contributed by atoms with Gasteiger partial charge in [-0.25, -0.2) is 4.39 Å². The van der Waals surface area contributed by atoms with Gasteiger partial charge >= 0.3 is 0 Å². The van der Waals surface area contributed by atoms with Gasteiger partial charge < -0.3 is 10.4 Å². The van der Waals surface area contributed by atoms with Gasteiger partial charge in [-0.1, -0.05) is 0 Å². The van der Waals surface area contributed by atoms with Crippen LogP contribution >= 0.6 is 0 Å². The first-order valence-corrected chi connectivity index (χ1v) is 4.86. The topological polar surface area (TPSA) is 75.4 Å². The number of aliphatic hydroxyl groups is 1. The molecule has 16 heavy (non-hydrogen) atoms. The lowest BCUT2D eigenvalue weighted by molar-refractivity contribution is -0.385. The first kappa shape index (κ1) is 11.0. The fourth-order valence-corrected chi connectivity index (χ4v) is 1.77. The summed E-state index contributed by atoms with van der Waals surface area (Å²) in [4.78, 5) is 10.1. The molecule has 1 aliphatic heterocycles. The zero-order chi connectivity index (χ0) is 11.8. The Kier molecular flexibility index (Phi) is 2.61. The lowest BCUT2D eigenvalue weighted by Crippen LogP contribution is -2.60. The predicted molar refractivity (Wildman–Crippen MR) is 54.6 cm³/mol. The first-order valence-electron chi connectivity index (χ1n) is 4.86. The second-order valence-corrected chi connectivity index (χ2v) is 4.03. The van der Waals surface area contributed by atoms with Crippen molar-refractivity contribution < 1.29 is 14.4 Å². The van der Waals surface area contributed by atoms with Gasteiger partial charge in [0.2, 0.25) is 0 Å². The highest BCUT2D eigenvalue weighted by Gasteiger charge is 2.36. The van der Waals surface area contributed by atoms with E-state index in [4.69, 9.17) is 0 Å². The molecule has 0 aromatic heterocycles. The van der Waals surface area contributed by atoms with E-state index in [0.29, 0.717) is 13.1 Å². The number of nitro benzene ring substituents is 1. The minimum atomic E-state index is -0.988. The van der Waals surface area contributed by atoms with Gasteiger partial charge in [0.05, 0.1) is 10.5 Å². The van der Waals surface area contributed by atoms with E-state index in [1.165, 1.54) is 0 Å². The van der Waals surface area contributed by atoms with Gasteiger partial charge in [0.1, 0.15) is 5.82 Å². The summed E-state index contributed by atoms with van der Waals surface area (Å²) in [5.74, 6) is -0.531. The van der Waals surface area contributed by atoms with E-state index in [9.17, 15) is 19.6 Å². The number of rotatable bonds is 3. The average molecular weight is 226 g/mol. The second-order valence-electron chi connectivity index (χ2n) is 4.03. The molecule has 1 aromatic rings. The summed E-state index contributed by atoms with van der Waals surface area (Å²) in [5.41, 5.74) is -0.908. The Labute approximate surface area is 91.0 Å². The third-order valence-corrected chi connectivity index (χ3v) is 2.67. The van der Waals surface area contributed by atoms with Crippen molar-refractivity contribution >= 4 is 5.69 Å². The smallest absolute Gasteiger partial charge is 0.272 e. The Morgan fingerprint density at radius 2 is 2.25 bits per heavy atom. The molecule has 6 heteroatoms. The molecule has 1 fully saturated rings. The molecule has 0 amide bonds. The summed E-state index contributed by atoms with van der Waals surface area (Å²) in [6, 6.07) is 3.28. The molecule has 2 N–H and O–H groups in total. The highest BCUT2D eigenvalue weighted by Crippen LogP contribution is 2.25. The van der Waals surface area contributed by atoms with Crippen molar-refractivity contribution in [3.05, 3.63) is 39.7 Å². The van der Waals surface area contributed by atoms with Crippen molar-refractivity contribution in [1.82, 2.24) is 5.32 Å². The van der Waals surface area contributed by atoms with E-state index in [0.717, 1.165) is 18.2 Å². The van der Waals surface area contributed by atoms with Crippen LogP contribution in [0.4, 0.5) is 10.1 Å². The van der Waals surface area contributed by atoms with Gasteiger partial charge in [-0.3, -0.25) is 10.1 Å². The summed E-state index contributed by atoms with van der Waals surface area (Å²) in [5, 5.41) is 23.4. The Bertz CT molecular complexity index is 432. The molecule has 1 aliphatic rings. The zero-order valence-corrected chi connectivity index (χ0v) is 8.44. The van der Waals surface area contributed by atoms with E-state index in [-0.39, 0.29) is 17.7 Å². The molecule has 0 spiro atoms. The SMILES string of the molecule is O=[N+]([O-])c1ccc(F)cc1CC1(O)CNC1. The normalized spacial score (nSPS) is 17.9. The van der Waals surface area contributed by atoms with Crippen molar-refractivity contribution in [2.75, 3.05) is 13.1 Å². The second kappa shape index (κ2) is 3.80. The van der Waals surface area contributed by atoms with Crippen LogP contribution in [0.5, 0.6) is 0 Å². The maximum atomic E-state index is 13.0. The van der Waals surface area contributed by atoms with Crippen LogP contribution in [0.25, 0.3) is 0 Å². The third-order valence-electron chi connectivity index (χ3n) is 2.67. The number of nitrogens with zero attached hydrogens (tertiary/aromatic N) is 1. The van der Waals surface area contributed by atoms with E-state index in [1.54, 1.807) is 0 Å². The molecule has 0 bridgehead atoms. The molecular formula is C10H11FN2O3. The van der Waals surface area contributed by atoms with Crippen molar-refractivity contribution in [1.29, 1.82) is 0 Å². The molecule has 1 saturated heterocycles. The number of benzene rings is 1. The van der Waals surface area contributed by atoms with Crippen molar-refractivity contribution in [3.8, 4) is 0 Å². The van der Waals surface area contributed by atoms with Crippen molar-refractivity contribution in [2.45, 2.75) is 12.0 Å². The van der Waals surface area contributed by atoms with Gasteiger partial charge in [0.25, 0.3) is 5.69 Å². The van der Waals surface area contributed by atoms with Crippen LogP contribution in [0.2, 0.25) is 0 Å². The summed E-state index contributed by atoms with van der Waals surface area (Å²) >= 11 is 0. The highest BCUT2D eigenvalue weighted by molar-refractivity contribution is 5.41. The molecule has 2 rings (SSSR count). The molecule has 0 unspecified atom stereocenters. The van der Waals surface area contributed by atoms with Crippen molar-refractivity contribution in [3.63, 3.8) is 0 Å². The van der Waals surface area contributed by atoms with E-state index in [1.807, 2.05) is 0 Å². The Balaban J connectivity index is 2.30. The quantitative estimate of drug-likeness (QED) is 0.585. The average Bonchev–Trinajstić information content (AvgIpc) is 2.15. The number of halogens is 1. The van der Waals surface area contributed by atoms with Crippen LogP contribution < -0.4 is 5.32 Å². The fraction of sp³-hybridized carbons (Fsp3) is 0.400. The molecule has 1 aromatic carbocycles. The number of hydrogen-bond acceptors (Lipinski definition) is 4. The monoisotopic (exact) mass is 226 g/mol. The van der Waals surface area contributed by atoms with Crippen LogP contribution in [0.15, 0.2) is 18.2 Å². The predicted octanol–water partition coefficient (Wildman–Crippen LogP) is 0.611. The lowest BCUT2D eigenvalue weighted by atomic mass is 9.88.